The normalized spacial score (nSPS) is 17.0. The molecule has 1 atom stereocenters. The smallest absolute Gasteiger partial charge is 0.254 e. The third kappa shape index (κ3) is 4.05. The lowest BCUT2D eigenvalue weighted by molar-refractivity contribution is 0.0735. The van der Waals surface area contributed by atoms with E-state index in [1.54, 1.807) is 19.9 Å². The number of amides is 1. The summed E-state index contributed by atoms with van der Waals surface area (Å²) in [5, 5.41) is 5.34. The van der Waals surface area contributed by atoms with E-state index in [-0.39, 0.29) is 16.8 Å². The minimum atomic E-state index is -3.90. The van der Waals surface area contributed by atoms with Crippen molar-refractivity contribution in [2.75, 3.05) is 13.2 Å². The predicted octanol–water partition coefficient (Wildman–Crippen LogP) is 3.33. The number of aryl methyl sites for hydroxylation is 1. The van der Waals surface area contributed by atoms with E-state index in [2.05, 4.69) is 0 Å². The standard InChI is InChI=1S/C21H26N2O4S/c1-4-27-18-9-7-16(8-10-18)19-6-5-11-23(19)21(24)17-12-14(2)15(3)20(13-17)28(22,25)26/h7-10,12-13,19H,4-6,11H2,1-3H3,(H2,22,25,26). The monoisotopic (exact) mass is 402 g/mol. The van der Waals surface area contributed by atoms with Crippen LogP contribution in [0.4, 0.5) is 0 Å². The summed E-state index contributed by atoms with van der Waals surface area (Å²) in [4.78, 5) is 15.0. The van der Waals surface area contributed by atoms with Gasteiger partial charge in [0, 0.05) is 12.1 Å². The van der Waals surface area contributed by atoms with Crippen molar-refractivity contribution in [2.24, 2.45) is 5.14 Å². The third-order valence-electron chi connectivity index (χ3n) is 5.26. The Bertz CT molecular complexity index is 984. The van der Waals surface area contributed by atoms with Gasteiger partial charge in [-0.15, -0.1) is 0 Å². The Morgan fingerprint density at radius 1 is 1.21 bits per heavy atom. The van der Waals surface area contributed by atoms with E-state index in [4.69, 9.17) is 9.88 Å². The van der Waals surface area contributed by atoms with Crippen LogP contribution >= 0.6 is 0 Å². The highest BCUT2D eigenvalue weighted by Gasteiger charge is 2.31. The first-order chi connectivity index (χ1) is 13.2. The number of carbonyl (C=O) groups excluding carboxylic acids is 1. The molecule has 0 spiro atoms. The second-order valence-electron chi connectivity index (χ2n) is 7.12. The molecule has 1 saturated heterocycles. The second-order valence-corrected chi connectivity index (χ2v) is 8.65. The molecule has 150 valence electrons. The summed E-state index contributed by atoms with van der Waals surface area (Å²) in [5.74, 6) is 0.624. The Balaban J connectivity index is 1.92. The molecule has 0 saturated carbocycles. The van der Waals surface area contributed by atoms with E-state index in [1.165, 1.54) is 6.07 Å². The number of hydrogen-bond acceptors (Lipinski definition) is 4. The van der Waals surface area contributed by atoms with E-state index in [0.717, 1.165) is 29.7 Å². The zero-order valence-corrected chi connectivity index (χ0v) is 17.3. The Morgan fingerprint density at radius 2 is 1.89 bits per heavy atom. The van der Waals surface area contributed by atoms with Gasteiger partial charge in [-0.25, -0.2) is 13.6 Å². The van der Waals surface area contributed by atoms with Gasteiger partial charge in [0.1, 0.15) is 5.75 Å². The average Bonchev–Trinajstić information content (AvgIpc) is 3.13. The van der Waals surface area contributed by atoms with Crippen LogP contribution in [0.5, 0.6) is 5.75 Å². The number of sulfonamides is 1. The summed E-state index contributed by atoms with van der Waals surface area (Å²) in [6.45, 7) is 6.65. The number of rotatable bonds is 5. The first kappa shape index (κ1) is 20.4. The summed E-state index contributed by atoms with van der Waals surface area (Å²) >= 11 is 0. The molecule has 1 heterocycles. The summed E-state index contributed by atoms with van der Waals surface area (Å²) in [7, 11) is -3.90. The van der Waals surface area contributed by atoms with Gasteiger partial charge < -0.3 is 9.64 Å². The van der Waals surface area contributed by atoms with Crippen LogP contribution in [0, 0.1) is 13.8 Å². The minimum absolute atomic E-state index is 0.00710. The number of primary sulfonamides is 1. The van der Waals surface area contributed by atoms with Crippen LogP contribution in [0.25, 0.3) is 0 Å². The molecule has 0 radical (unpaired) electrons. The van der Waals surface area contributed by atoms with Gasteiger partial charge in [-0.1, -0.05) is 12.1 Å². The van der Waals surface area contributed by atoms with Crippen LogP contribution in [-0.4, -0.2) is 32.4 Å². The molecular formula is C21H26N2O4S. The number of nitrogens with zero attached hydrogens (tertiary/aromatic N) is 1. The van der Waals surface area contributed by atoms with Crippen LogP contribution in [-0.2, 0) is 10.0 Å². The quantitative estimate of drug-likeness (QED) is 0.831. The molecule has 1 amide bonds. The van der Waals surface area contributed by atoms with Crippen molar-refractivity contribution in [1.29, 1.82) is 0 Å². The zero-order chi connectivity index (χ0) is 20.5. The fourth-order valence-corrected chi connectivity index (χ4v) is 4.60. The maximum atomic E-state index is 13.2. The lowest BCUT2D eigenvalue weighted by Gasteiger charge is -2.26. The second kappa shape index (κ2) is 7.93. The predicted molar refractivity (Wildman–Crippen MR) is 108 cm³/mol. The molecule has 0 aliphatic carbocycles. The molecule has 0 aromatic heterocycles. The highest BCUT2D eigenvalue weighted by molar-refractivity contribution is 7.89. The van der Waals surface area contributed by atoms with Gasteiger partial charge in [-0.3, -0.25) is 4.79 Å². The number of benzene rings is 2. The molecule has 0 bridgehead atoms. The maximum absolute atomic E-state index is 13.2. The van der Waals surface area contributed by atoms with Crippen LogP contribution in [0.2, 0.25) is 0 Å². The highest BCUT2D eigenvalue weighted by Crippen LogP contribution is 2.34. The molecule has 1 aliphatic rings. The van der Waals surface area contributed by atoms with Gasteiger partial charge in [0.2, 0.25) is 10.0 Å². The van der Waals surface area contributed by atoms with E-state index in [1.807, 2.05) is 36.1 Å². The third-order valence-corrected chi connectivity index (χ3v) is 6.30. The van der Waals surface area contributed by atoms with E-state index in [0.29, 0.717) is 24.3 Å². The maximum Gasteiger partial charge on any atom is 0.254 e. The number of ether oxygens (including phenoxy) is 1. The highest BCUT2D eigenvalue weighted by atomic mass is 32.2. The summed E-state index contributed by atoms with van der Waals surface area (Å²) in [5.41, 5.74) is 2.70. The fraction of sp³-hybridized carbons (Fsp3) is 0.381. The number of hydrogen-bond donors (Lipinski definition) is 1. The van der Waals surface area contributed by atoms with Crippen molar-refractivity contribution in [3.05, 3.63) is 58.7 Å². The van der Waals surface area contributed by atoms with Crippen LogP contribution in [0.15, 0.2) is 41.3 Å². The molecule has 6 nitrogen and oxygen atoms in total. The Hall–Kier alpha value is -2.38. The van der Waals surface area contributed by atoms with Crippen LogP contribution in [0.1, 0.15) is 52.9 Å². The van der Waals surface area contributed by atoms with Gasteiger partial charge >= 0.3 is 0 Å². The van der Waals surface area contributed by atoms with Gasteiger partial charge in [-0.05, 0) is 74.6 Å². The van der Waals surface area contributed by atoms with Crippen LogP contribution < -0.4 is 9.88 Å². The molecule has 3 rings (SSSR count). The lowest BCUT2D eigenvalue weighted by atomic mass is 10.0. The largest absolute Gasteiger partial charge is 0.494 e. The average molecular weight is 403 g/mol. The molecule has 28 heavy (non-hydrogen) atoms. The van der Waals surface area contributed by atoms with E-state index < -0.39 is 10.0 Å². The SMILES string of the molecule is CCOc1ccc(C2CCCN2C(=O)c2cc(C)c(C)c(S(N)(=O)=O)c2)cc1. The Labute approximate surface area is 166 Å². The first-order valence-electron chi connectivity index (χ1n) is 9.40. The van der Waals surface area contributed by atoms with Crippen molar-refractivity contribution < 1.29 is 17.9 Å². The van der Waals surface area contributed by atoms with Crippen molar-refractivity contribution in [3.63, 3.8) is 0 Å². The van der Waals surface area contributed by atoms with Crippen molar-refractivity contribution >= 4 is 15.9 Å². The van der Waals surface area contributed by atoms with Gasteiger partial charge in [-0.2, -0.15) is 0 Å². The number of carbonyl (C=O) groups is 1. The number of likely N-dealkylation sites (tertiary alicyclic amines) is 1. The minimum Gasteiger partial charge on any atom is -0.494 e. The van der Waals surface area contributed by atoms with E-state index >= 15 is 0 Å². The van der Waals surface area contributed by atoms with Crippen molar-refractivity contribution in [3.8, 4) is 5.75 Å². The first-order valence-corrected chi connectivity index (χ1v) is 10.9. The number of nitrogens with two attached hydrogens (primary N) is 1. The van der Waals surface area contributed by atoms with Gasteiger partial charge in [0.15, 0.2) is 0 Å². The van der Waals surface area contributed by atoms with Gasteiger partial charge in [0.05, 0.1) is 17.5 Å². The zero-order valence-electron chi connectivity index (χ0n) is 16.4. The van der Waals surface area contributed by atoms with Crippen molar-refractivity contribution in [2.45, 2.75) is 44.6 Å². The summed E-state index contributed by atoms with van der Waals surface area (Å²) in [6.07, 6.45) is 1.77. The summed E-state index contributed by atoms with van der Waals surface area (Å²) < 4.78 is 29.3. The molecule has 1 fully saturated rings. The lowest BCUT2D eigenvalue weighted by Crippen LogP contribution is -2.31. The summed E-state index contributed by atoms with van der Waals surface area (Å²) in [6, 6.07) is 10.9. The molecule has 1 unspecified atom stereocenters. The molecule has 1 aliphatic heterocycles. The molecule has 2 aromatic rings. The fourth-order valence-electron chi connectivity index (χ4n) is 3.72. The van der Waals surface area contributed by atoms with E-state index in [9.17, 15) is 13.2 Å². The molecular weight excluding hydrogens is 376 g/mol. The Kier molecular flexibility index (Phi) is 5.76. The molecule has 2 N–H and O–H groups in total. The van der Waals surface area contributed by atoms with Crippen LogP contribution in [0.3, 0.4) is 0 Å². The van der Waals surface area contributed by atoms with Gasteiger partial charge in [0.25, 0.3) is 5.91 Å². The Morgan fingerprint density at radius 3 is 2.50 bits per heavy atom. The molecule has 2 aromatic carbocycles. The molecule has 7 heteroatoms. The van der Waals surface area contributed by atoms with Crippen molar-refractivity contribution in [1.82, 2.24) is 4.90 Å². The topological polar surface area (TPSA) is 89.7 Å².